The van der Waals surface area contributed by atoms with E-state index in [-0.39, 0.29) is 17.6 Å². The highest BCUT2D eigenvalue weighted by Gasteiger charge is 2.32. The maximum atomic E-state index is 12.8. The van der Waals surface area contributed by atoms with E-state index in [9.17, 15) is 13.2 Å². The minimum absolute atomic E-state index is 0.0256. The van der Waals surface area contributed by atoms with Crippen LogP contribution in [0.5, 0.6) is 0 Å². The predicted octanol–water partition coefficient (Wildman–Crippen LogP) is 4.15. The molecule has 8 heteroatoms. The van der Waals surface area contributed by atoms with Gasteiger partial charge in [0.15, 0.2) is 0 Å². The van der Waals surface area contributed by atoms with Crippen molar-refractivity contribution in [3.63, 3.8) is 0 Å². The zero-order chi connectivity index (χ0) is 20.1. The van der Waals surface area contributed by atoms with Gasteiger partial charge in [0, 0.05) is 41.2 Å². The Labute approximate surface area is 177 Å². The molecule has 1 heterocycles. The number of allylic oxidation sites excluding steroid dienone is 1. The quantitative estimate of drug-likeness (QED) is 0.669. The highest BCUT2D eigenvalue weighted by molar-refractivity contribution is 7.88. The topological polar surface area (TPSA) is 66.5 Å². The van der Waals surface area contributed by atoms with Gasteiger partial charge in [-0.05, 0) is 50.7 Å². The first-order chi connectivity index (χ1) is 13.4. The smallest absolute Gasteiger partial charge is 0.223 e. The Kier molecular flexibility index (Phi) is 7.42. The van der Waals surface area contributed by atoms with E-state index in [4.69, 9.17) is 23.2 Å². The van der Waals surface area contributed by atoms with Crippen molar-refractivity contribution in [1.82, 2.24) is 9.62 Å². The van der Waals surface area contributed by atoms with Crippen molar-refractivity contribution in [3.8, 4) is 0 Å². The Hall–Kier alpha value is -1.08. The van der Waals surface area contributed by atoms with Crippen molar-refractivity contribution in [3.05, 3.63) is 45.5 Å². The van der Waals surface area contributed by atoms with Gasteiger partial charge in [0.25, 0.3) is 0 Å². The molecule has 0 radical (unpaired) electrons. The molecule has 0 saturated carbocycles. The normalized spacial score (nSPS) is 19.3. The molecule has 1 aliphatic heterocycles. The zero-order valence-electron chi connectivity index (χ0n) is 15.8. The van der Waals surface area contributed by atoms with Crippen molar-refractivity contribution in [2.75, 3.05) is 19.6 Å². The maximum Gasteiger partial charge on any atom is 0.223 e. The van der Waals surface area contributed by atoms with E-state index in [1.807, 2.05) is 0 Å². The van der Waals surface area contributed by atoms with E-state index in [1.165, 1.54) is 22.7 Å². The van der Waals surface area contributed by atoms with Gasteiger partial charge in [-0.25, -0.2) is 12.7 Å². The average Bonchev–Trinajstić information content (AvgIpc) is 2.70. The third-order valence-electron chi connectivity index (χ3n) is 5.48. The van der Waals surface area contributed by atoms with Gasteiger partial charge in [-0.2, -0.15) is 0 Å². The second-order valence-corrected chi connectivity index (χ2v) is 10.2. The van der Waals surface area contributed by atoms with E-state index in [1.54, 1.807) is 18.2 Å². The summed E-state index contributed by atoms with van der Waals surface area (Å²) in [6.07, 6.45) is 7.84. The van der Waals surface area contributed by atoms with Crippen LogP contribution < -0.4 is 5.32 Å². The first-order valence-electron chi connectivity index (χ1n) is 9.73. The summed E-state index contributed by atoms with van der Waals surface area (Å²) in [5, 5.41) is 3.72. The number of carbonyl (C=O) groups is 1. The number of carbonyl (C=O) groups excluding carboxylic acids is 1. The first-order valence-corrected chi connectivity index (χ1v) is 12.1. The summed E-state index contributed by atoms with van der Waals surface area (Å²) in [4.78, 5) is 12.4. The Bertz CT molecular complexity index is 827. The van der Waals surface area contributed by atoms with Crippen LogP contribution in [-0.4, -0.2) is 38.3 Å². The van der Waals surface area contributed by atoms with Crippen molar-refractivity contribution >= 4 is 39.1 Å². The van der Waals surface area contributed by atoms with Crippen LogP contribution in [0.2, 0.25) is 10.0 Å². The molecule has 5 nitrogen and oxygen atoms in total. The molecule has 1 N–H and O–H groups in total. The van der Waals surface area contributed by atoms with Gasteiger partial charge in [0.2, 0.25) is 15.9 Å². The number of rotatable bonds is 6. The van der Waals surface area contributed by atoms with E-state index in [0.29, 0.717) is 48.1 Å². The second-order valence-electron chi connectivity index (χ2n) is 7.46. The van der Waals surface area contributed by atoms with Gasteiger partial charge >= 0.3 is 0 Å². The molecule has 1 amide bonds. The number of hydrogen-bond acceptors (Lipinski definition) is 3. The molecule has 3 rings (SSSR count). The molecule has 1 fully saturated rings. The van der Waals surface area contributed by atoms with Crippen molar-refractivity contribution in [1.29, 1.82) is 0 Å². The Morgan fingerprint density at radius 1 is 1.14 bits per heavy atom. The number of halogens is 2. The van der Waals surface area contributed by atoms with Crippen LogP contribution >= 0.6 is 23.2 Å². The molecule has 1 aromatic rings. The molecule has 1 aromatic carbocycles. The van der Waals surface area contributed by atoms with Crippen molar-refractivity contribution in [2.45, 2.75) is 44.3 Å². The second kappa shape index (κ2) is 9.61. The number of hydrogen-bond donors (Lipinski definition) is 1. The van der Waals surface area contributed by atoms with Crippen LogP contribution in [0.15, 0.2) is 29.8 Å². The number of nitrogens with zero attached hydrogens (tertiary/aromatic N) is 1. The standard InChI is InChI=1S/C20H26Cl2N2O3S/c21-18-7-4-8-19(22)17(18)14-28(26,27)24-11-9-16(10-12-24)20(25)23-13-15-5-2-1-3-6-15/h4-5,7-8,16H,1-3,6,9-14H2,(H,23,25). The van der Waals surface area contributed by atoms with Gasteiger partial charge in [0.1, 0.15) is 0 Å². The Morgan fingerprint density at radius 3 is 2.43 bits per heavy atom. The SMILES string of the molecule is O=C(NCC1=CCCCC1)C1CCN(S(=O)(=O)Cc2c(Cl)cccc2Cl)CC1. The van der Waals surface area contributed by atoms with Crippen LogP contribution in [0.4, 0.5) is 0 Å². The minimum Gasteiger partial charge on any atom is -0.352 e. The molecule has 0 atom stereocenters. The monoisotopic (exact) mass is 444 g/mol. The average molecular weight is 445 g/mol. The predicted molar refractivity (Wildman–Crippen MR) is 113 cm³/mol. The van der Waals surface area contributed by atoms with Crippen LogP contribution in [0.1, 0.15) is 44.1 Å². The molecule has 0 unspecified atom stereocenters. The zero-order valence-corrected chi connectivity index (χ0v) is 18.1. The fourth-order valence-electron chi connectivity index (χ4n) is 3.75. The fraction of sp³-hybridized carbons (Fsp3) is 0.550. The van der Waals surface area contributed by atoms with Gasteiger partial charge in [-0.1, -0.05) is 40.9 Å². The third kappa shape index (κ3) is 5.50. The summed E-state index contributed by atoms with van der Waals surface area (Å²) in [6.45, 7) is 1.29. The van der Waals surface area contributed by atoms with E-state index in [2.05, 4.69) is 11.4 Å². The summed E-state index contributed by atoms with van der Waals surface area (Å²) in [7, 11) is -3.54. The van der Waals surface area contributed by atoms with Gasteiger partial charge < -0.3 is 5.32 Å². The summed E-state index contributed by atoms with van der Waals surface area (Å²) < 4.78 is 27.0. The lowest BCUT2D eigenvalue weighted by molar-refractivity contribution is -0.125. The number of nitrogens with one attached hydrogen (secondary N) is 1. The number of piperidine rings is 1. The summed E-state index contributed by atoms with van der Waals surface area (Å²) in [6, 6.07) is 4.96. The molecular weight excluding hydrogens is 419 g/mol. The molecule has 1 aliphatic carbocycles. The van der Waals surface area contributed by atoms with E-state index < -0.39 is 10.0 Å². The lowest BCUT2D eigenvalue weighted by Gasteiger charge is -2.31. The van der Waals surface area contributed by atoms with Gasteiger partial charge in [0.05, 0.1) is 5.75 Å². The Morgan fingerprint density at radius 2 is 1.82 bits per heavy atom. The van der Waals surface area contributed by atoms with Crippen molar-refractivity contribution in [2.24, 2.45) is 5.92 Å². The molecule has 28 heavy (non-hydrogen) atoms. The highest BCUT2D eigenvalue weighted by Crippen LogP contribution is 2.29. The molecule has 0 bridgehead atoms. The number of benzene rings is 1. The lowest BCUT2D eigenvalue weighted by atomic mass is 9.96. The molecule has 0 aromatic heterocycles. The van der Waals surface area contributed by atoms with E-state index >= 15 is 0 Å². The summed E-state index contributed by atoms with van der Waals surface area (Å²) >= 11 is 12.2. The third-order valence-corrected chi connectivity index (χ3v) is 7.99. The van der Waals surface area contributed by atoms with Gasteiger partial charge in [-0.15, -0.1) is 0 Å². The summed E-state index contributed by atoms with van der Waals surface area (Å²) in [5.41, 5.74) is 1.72. The molecule has 154 valence electrons. The van der Waals surface area contributed by atoms with Crippen LogP contribution in [-0.2, 0) is 20.6 Å². The highest BCUT2D eigenvalue weighted by atomic mass is 35.5. The molecular formula is C20H26Cl2N2O3S. The van der Waals surface area contributed by atoms with Crippen LogP contribution in [0.3, 0.4) is 0 Å². The molecule has 1 saturated heterocycles. The largest absolute Gasteiger partial charge is 0.352 e. The van der Waals surface area contributed by atoms with Crippen molar-refractivity contribution < 1.29 is 13.2 Å². The van der Waals surface area contributed by atoms with Gasteiger partial charge in [-0.3, -0.25) is 4.79 Å². The van der Waals surface area contributed by atoms with Crippen LogP contribution in [0.25, 0.3) is 0 Å². The first kappa shape index (κ1) is 21.6. The van der Waals surface area contributed by atoms with E-state index in [0.717, 1.165) is 12.8 Å². The maximum absolute atomic E-state index is 12.8. The number of sulfonamides is 1. The lowest BCUT2D eigenvalue weighted by Crippen LogP contribution is -2.43. The molecule has 0 spiro atoms. The number of amides is 1. The fourth-order valence-corrected chi connectivity index (χ4v) is 6.07. The minimum atomic E-state index is -3.54. The Balaban J connectivity index is 1.52. The van der Waals surface area contributed by atoms with Crippen LogP contribution in [0, 0.1) is 5.92 Å². The summed E-state index contributed by atoms with van der Waals surface area (Å²) in [5.74, 6) is -0.339. The molecule has 2 aliphatic rings.